The summed E-state index contributed by atoms with van der Waals surface area (Å²) < 4.78 is 5.96. The van der Waals surface area contributed by atoms with Crippen molar-refractivity contribution in [2.24, 2.45) is 0 Å². The average molecular weight is 337 g/mol. The molecule has 0 radical (unpaired) electrons. The first-order valence-corrected chi connectivity index (χ1v) is 8.84. The molecule has 6 nitrogen and oxygen atoms in total. The van der Waals surface area contributed by atoms with Gasteiger partial charge in [0.1, 0.15) is 0 Å². The second-order valence-electron chi connectivity index (χ2n) is 6.81. The van der Waals surface area contributed by atoms with Crippen LogP contribution in [0.5, 0.6) is 0 Å². The minimum atomic E-state index is 0.133. The predicted molar refractivity (Wildman–Crippen MR) is 95.0 cm³/mol. The standard InChI is InChI=1S/C19H23N5O/c1-13-4-3-5-16(12-13)19-23-22-18(25-19)14(2)24-10-7-15(8-11-24)17-6-9-20-21-17/h3-6,9,12,14-15H,7-8,10-11H2,1-2H3,(H,20,21)/t14-/m0/s1. The highest BCUT2D eigenvalue weighted by Crippen LogP contribution is 2.31. The van der Waals surface area contributed by atoms with Gasteiger partial charge in [0, 0.05) is 23.4 Å². The third-order valence-electron chi connectivity index (χ3n) is 5.10. The summed E-state index contributed by atoms with van der Waals surface area (Å²) >= 11 is 0. The Morgan fingerprint density at radius 2 is 2.04 bits per heavy atom. The molecule has 3 heterocycles. The zero-order valence-corrected chi connectivity index (χ0v) is 14.6. The van der Waals surface area contributed by atoms with Crippen molar-refractivity contribution in [3.05, 3.63) is 53.7 Å². The molecule has 1 N–H and O–H groups in total. The second kappa shape index (κ2) is 6.80. The number of benzene rings is 1. The fraction of sp³-hybridized carbons (Fsp3) is 0.421. The first-order valence-electron chi connectivity index (χ1n) is 8.84. The topological polar surface area (TPSA) is 70.8 Å². The fourth-order valence-corrected chi connectivity index (χ4v) is 3.55. The summed E-state index contributed by atoms with van der Waals surface area (Å²) in [6.45, 7) is 6.25. The van der Waals surface area contributed by atoms with Crippen LogP contribution in [0.25, 0.3) is 11.5 Å². The Morgan fingerprint density at radius 1 is 1.20 bits per heavy atom. The lowest BCUT2D eigenvalue weighted by Crippen LogP contribution is -2.35. The molecular weight excluding hydrogens is 314 g/mol. The van der Waals surface area contributed by atoms with Gasteiger partial charge in [-0.2, -0.15) is 5.10 Å². The molecule has 0 aliphatic carbocycles. The van der Waals surface area contributed by atoms with Gasteiger partial charge in [-0.05, 0) is 58.0 Å². The molecule has 2 aromatic heterocycles. The molecule has 1 aromatic carbocycles. The Hall–Kier alpha value is -2.47. The molecule has 0 saturated carbocycles. The zero-order valence-electron chi connectivity index (χ0n) is 14.6. The van der Waals surface area contributed by atoms with E-state index in [0.29, 0.717) is 17.7 Å². The van der Waals surface area contributed by atoms with Gasteiger partial charge >= 0.3 is 0 Å². The van der Waals surface area contributed by atoms with E-state index in [1.165, 1.54) is 11.3 Å². The first kappa shape index (κ1) is 16.0. The summed E-state index contributed by atoms with van der Waals surface area (Å²) in [5, 5.41) is 15.7. The van der Waals surface area contributed by atoms with Crippen LogP contribution in [0.15, 0.2) is 40.9 Å². The average Bonchev–Trinajstić information content (AvgIpc) is 3.33. The lowest BCUT2D eigenvalue weighted by Gasteiger charge is -2.34. The number of aryl methyl sites for hydroxylation is 1. The van der Waals surface area contributed by atoms with Gasteiger partial charge in [-0.3, -0.25) is 10.00 Å². The van der Waals surface area contributed by atoms with Crippen molar-refractivity contribution in [2.75, 3.05) is 13.1 Å². The van der Waals surface area contributed by atoms with Crippen LogP contribution in [-0.2, 0) is 0 Å². The minimum Gasteiger partial charge on any atom is -0.419 e. The number of nitrogens with zero attached hydrogens (tertiary/aromatic N) is 4. The number of aromatic amines is 1. The molecule has 1 saturated heterocycles. The third kappa shape index (κ3) is 3.35. The van der Waals surface area contributed by atoms with E-state index < -0.39 is 0 Å². The molecule has 6 heteroatoms. The first-order chi connectivity index (χ1) is 12.2. The predicted octanol–water partition coefficient (Wildman–Crippen LogP) is 3.71. The maximum absolute atomic E-state index is 5.96. The molecule has 0 unspecified atom stereocenters. The largest absolute Gasteiger partial charge is 0.419 e. The number of hydrogen-bond donors (Lipinski definition) is 1. The van der Waals surface area contributed by atoms with Gasteiger partial charge in [0.25, 0.3) is 0 Å². The van der Waals surface area contributed by atoms with Crippen LogP contribution in [0.1, 0.15) is 48.9 Å². The molecule has 0 bridgehead atoms. The van der Waals surface area contributed by atoms with Gasteiger partial charge in [-0.25, -0.2) is 0 Å². The van der Waals surface area contributed by atoms with Crippen LogP contribution < -0.4 is 0 Å². The smallest absolute Gasteiger partial charge is 0.247 e. The number of rotatable bonds is 4. The molecule has 130 valence electrons. The number of nitrogens with one attached hydrogen (secondary N) is 1. The van der Waals surface area contributed by atoms with Gasteiger partial charge in [0.2, 0.25) is 11.8 Å². The number of H-pyrrole nitrogens is 1. The molecule has 1 aliphatic rings. The van der Waals surface area contributed by atoms with Crippen molar-refractivity contribution in [1.29, 1.82) is 0 Å². The van der Waals surface area contributed by atoms with Crippen molar-refractivity contribution in [1.82, 2.24) is 25.3 Å². The second-order valence-corrected chi connectivity index (χ2v) is 6.81. The number of likely N-dealkylation sites (tertiary alicyclic amines) is 1. The van der Waals surface area contributed by atoms with Crippen LogP contribution in [0.2, 0.25) is 0 Å². The van der Waals surface area contributed by atoms with E-state index in [0.717, 1.165) is 31.5 Å². The molecule has 1 atom stereocenters. The Labute approximate surface area is 147 Å². The normalized spacial score (nSPS) is 17.7. The molecule has 25 heavy (non-hydrogen) atoms. The van der Waals surface area contributed by atoms with Crippen LogP contribution >= 0.6 is 0 Å². The van der Waals surface area contributed by atoms with E-state index in [-0.39, 0.29) is 6.04 Å². The van der Waals surface area contributed by atoms with Crippen LogP contribution in [0, 0.1) is 6.92 Å². The fourth-order valence-electron chi connectivity index (χ4n) is 3.55. The van der Waals surface area contributed by atoms with E-state index in [1.807, 2.05) is 18.3 Å². The zero-order chi connectivity index (χ0) is 17.2. The highest BCUT2D eigenvalue weighted by Gasteiger charge is 2.27. The van der Waals surface area contributed by atoms with Crippen LogP contribution in [0.3, 0.4) is 0 Å². The lowest BCUT2D eigenvalue weighted by atomic mass is 9.93. The van der Waals surface area contributed by atoms with Crippen LogP contribution in [-0.4, -0.2) is 38.4 Å². The van der Waals surface area contributed by atoms with Crippen molar-refractivity contribution >= 4 is 0 Å². The van der Waals surface area contributed by atoms with Gasteiger partial charge in [-0.1, -0.05) is 17.7 Å². The summed E-state index contributed by atoms with van der Waals surface area (Å²) in [5.41, 5.74) is 3.40. The van der Waals surface area contributed by atoms with Gasteiger partial charge < -0.3 is 4.42 Å². The summed E-state index contributed by atoms with van der Waals surface area (Å²) in [4.78, 5) is 2.42. The van der Waals surface area contributed by atoms with Crippen molar-refractivity contribution in [3.8, 4) is 11.5 Å². The Kier molecular flexibility index (Phi) is 4.36. The van der Waals surface area contributed by atoms with E-state index in [4.69, 9.17) is 4.42 Å². The summed E-state index contributed by atoms with van der Waals surface area (Å²) in [6.07, 6.45) is 4.06. The Bertz CT molecular complexity index is 818. The number of hydrogen-bond acceptors (Lipinski definition) is 5. The minimum absolute atomic E-state index is 0.133. The number of piperidine rings is 1. The lowest BCUT2D eigenvalue weighted by molar-refractivity contribution is 0.142. The highest BCUT2D eigenvalue weighted by atomic mass is 16.4. The Morgan fingerprint density at radius 3 is 2.76 bits per heavy atom. The van der Waals surface area contributed by atoms with Crippen molar-refractivity contribution < 1.29 is 4.42 Å². The van der Waals surface area contributed by atoms with Gasteiger partial charge in [-0.15, -0.1) is 10.2 Å². The molecule has 4 rings (SSSR count). The van der Waals surface area contributed by atoms with Gasteiger partial charge in [0.15, 0.2) is 0 Å². The van der Waals surface area contributed by atoms with E-state index >= 15 is 0 Å². The molecule has 0 amide bonds. The molecular formula is C19H23N5O. The number of aromatic nitrogens is 4. The van der Waals surface area contributed by atoms with E-state index in [2.05, 4.69) is 57.3 Å². The molecule has 1 fully saturated rings. The summed E-state index contributed by atoms with van der Waals surface area (Å²) in [7, 11) is 0. The van der Waals surface area contributed by atoms with Gasteiger partial charge in [0.05, 0.1) is 6.04 Å². The van der Waals surface area contributed by atoms with E-state index in [1.54, 1.807) is 0 Å². The summed E-state index contributed by atoms with van der Waals surface area (Å²) in [5.74, 6) is 1.85. The van der Waals surface area contributed by atoms with Crippen molar-refractivity contribution in [3.63, 3.8) is 0 Å². The Balaban J connectivity index is 1.43. The quantitative estimate of drug-likeness (QED) is 0.786. The van der Waals surface area contributed by atoms with Crippen molar-refractivity contribution in [2.45, 2.75) is 38.6 Å². The monoisotopic (exact) mass is 337 g/mol. The molecule has 3 aromatic rings. The third-order valence-corrected chi connectivity index (χ3v) is 5.10. The molecule has 1 aliphatic heterocycles. The van der Waals surface area contributed by atoms with E-state index in [9.17, 15) is 0 Å². The SMILES string of the molecule is Cc1cccc(-c2nnc([C@H](C)N3CCC(c4ccn[nH]4)CC3)o2)c1. The maximum atomic E-state index is 5.96. The van der Waals surface area contributed by atoms with Crippen LogP contribution in [0.4, 0.5) is 0 Å². The highest BCUT2D eigenvalue weighted by molar-refractivity contribution is 5.53. The maximum Gasteiger partial charge on any atom is 0.247 e. The molecule has 0 spiro atoms. The summed E-state index contributed by atoms with van der Waals surface area (Å²) in [6, 6.07) is 10.4.